The van der Waals surface area contributed by atoms with Gasteiger partial charge in [0.1, 0.15) is 17.5 Å². The minimum atomic E-state index is -0.448. The second-order valence-corrected chi connectivity index (χ2v) is 6.41. The predicted molar refractivity (Wildman–Crippen MR) is 98.8 cm³/mol. The van der Waals surface area contributed by atoms with Crippen LogP contribution in [0, 0.1) is 5.82 Å². The number of rotatable bonds is 5. The van der Waals surface area contributed by atoms with Gasteiger partial charge in [0.05, 0.1) is 5.02 Å². The lowest BCUT2D eigenvalue weighted by molar-refractivity contribution is 0.628. The van der Waals surface area contributed by atoms with Gasteiger partial charge in [-0.2, -0.15) is 0 Å². The molecule has 0 unspecified atom stereocenters. The molecule has 1 aromatic heterocycles. The molecule has 126 valence electrons. The maximum Gasteiger partial charge on any atom is 0.163 e. The van der Waals surface area contributed by atoms with Crippen molar-refractivity contribution >= 4 is 28.9 Å². The minimum Gasteiger partial charge on any atom is -0.367 e. The molecule has 0 atom stereocenters. The number of halogens is 2. The highest BCUT2D eigenvalue weighted by Gasteiger charge is 2.22. The van der Waals surface area contributed by atoms with E-state index >= 15 is 0 Å². The number of hydrogen-bond acceptors (Lipinski definition) is 4. The third kappa shape index (κ3) is 3.88. The highest BCUT2D eigenvalue weighted by Crippen LogP contribution is 2.28. The van der Waals surface area contributed by atoms with Crippen LogP contribution in [-0.4, -0.2) is 16.0 Å². The van der Waals surface area contributed by atoms with Crippen LogP contribution in [-0.2, 0) is 0 Å². The lowest BCUT2D eigenvalue weighted by Crippen LogP contribution is -2.06. The zero-order valence-corrected chi connectivity index (χ0v) is 14.1. The van der Waals surface area contributed by atoms with E-state index in [2.05, 4.69) is 20.6 Å². The summed E-state index contributed by atoms with van der Waals surface area (Å²) in [5.41, 5.74) is 1.60. The van der Waals surface area contributed by atoms with Gasteiger partial charge in [-0.15, -0.1) is 0 Å². The Hall–Kier alpha value is -2.66. The number of hydrogen-bond donors (Lipinski definition) is 2. The fraction of sp³-hybridized carbons (Fsp3) is 0.158. The first-order valence-corrected chi connectivity index (χ1v) is 8.48. The molecule has 6 heteroatoms. The van der Waals surface area contributed by atoms with E-state index in [1.54, 1.807) is 6.07 Å². The summed E-state index contributed by atoms with van der Waals surface area (Å²) in [4.78, 5) is 9.19. The lowest BCUT2D eigenvalue weighted by Gasteiger charge is -2.11. The molecule has 4 rings (SSSR count). The van der Waals surface area contributed by atoms with Crippen LogP contribution < -0.4 is 10.6 Å². The second kappa shape index (κ2) is 6.69. The third-order valence-corrected chi connectivity index (χ3v) is 4.17. The van der Waals surface area contributed by atoms with Crippen molar-refractivity contribution in [1.82, 2.24) is 9.97 Å². The van der Waals surface area contributed by atoms with Gasteiger partial charge in [0, 0.05) is 23.4 Å². The summed E-state index contributed by atoms with van der Waals surface area (Å²) in [5.74, 6) is 1.57. The van der Waals surface area contributed by atoms with Gasteiger partial charge in [-0.3, -0.25) is 0 Å². The van der Waals surface area contributed by atoms with E-state index in [4.69, 9.17) is 11.6 Å². The number of nitrogens with zero attached hydrogens (tertiary/aromatic N) is 2. The number of aromatic nitrogens is 2. The zero-order chi connectivity index (χ0) is 17.2. The van der Waals surface area contributed by atoms with E-state index in [-0.39, 0.29) is 5.02 Å². The molecule has 25 heavy (non-hydrogen) atoms. The molecular weight excluding hydrogens is 339 g/mol. The normalized spacial score (nSPS) is 13.5. The highest BCUT2D eigenvalue weighted by molar-refractivity contribution is 6.31. The van der Waals surface area contributed by atoms with Crippen LogP contribution in [0.3, 0.4) is 0 Å². The topological polar surface area (TPSA) is 49.8 Å². The van der Waals surface area contributed by atoms with Gasteiger partial charge in [0.2, 0.25) is 0 Å². The van der Waals surface area contributed by atoms with Gasteiger partial charge < -0.3 is 10.6 Å². The van der Waals surface area contributed by atoms with E-state index in [1.807, 2.05) is 36.4 Å². The van der Waals surface area contributed by atoms with E-state index in [9.17, 15) is 4.39 Å². The van der Waals surface area contributed by atoms with E-state index in [1.165, 1.54) is 12.1 Å². The Morgan fingerprint density at radius 1 is 0.960 bits per heavy atom. The largest absolute Gasteiger partial charge is 0.367 e. The van der Waals surface area contributed by atoms with Crippen molar-refractivity contribution in [3.05, 3.63) is 65.4 Å². The summed E-state index contributed by atoms with van der Waals surface area (Å²) in [5, 5.41) is 6.64. The van der Waals surface area contributed by atoms with Gasteiger partial charge >= 0.3 is 0 Å². The minimum absolute atomic E-state index is 0.0682. The Bertz CT molecular complexity index is 897. The number of benzene rings is 2. The first-order chi connectivity index (χ1) is 12.2. The van der Waals surface area contributed by atoms with Crippen LogP contribution in [0.15, 0.2) is 54.6 Å². The van der Waals surface area contributed by atoms with Gasteiger partial charge in [-0.1, -0.05) is 41.9 Å². The fourth-order valence-electron chi connectivity index (χ4n) is 2.46. The van der Waals surface area contributed by atoms with E-state index < -0.39 is 5.82 Å². The van der Waals surface area contributed by atoms with Gasteiger partial charge in [0.15, 0.2) is 5.82 Å². The average Bonchev–Trinajstić information content (AvgIpc) is 3.43. The molecule has 2 aromatic carbocycles. The van der Waals surface area contributed by atoms with E-state index in [0.29, 0.717) is 23.4 Å². The van der Waals surface area contributed by atoms with Crippen molar-refractivity contribution in [1.29, 1.82) is 0 Å². The van der Waals surface area contributed by atoms with Crippen molar-refractivity contribution in [2.75, 3.05) is 10.6 Å². The fourth-order valence-corrected chi connectivity index (χ4v) is 2.64. The van der Waals surface area contributed by atoms with Crippen LogP contribution in [0.5, 0.6) is 0 Å². The Labute approximate surface area is 150 Å². The molecule has 1 aliphatic carbocycles. The van der Waals surface area contributed by atoms with Gasteiger partial charge in [-0.05, 0) is 31.0 Å². The van der Waals surface area contributed by atoms with Crippen LogP contribution in [0.4, 0.5) is 21.7 Å². The molecule has 1 heterocycles. The average molecular weight is 355 g/mol. The van der Waals surface area contributed by atoms with Crippen molar-refractivity contribution in [3.8, 4) is 11.4 Å². The van der Waals surface area contributed by atoms with E-state index in [0.717, 1.165) is 24.2 Å². The van der Waals surface area contributed by atoms with Crippen molar-refractivity contribution in [3.63, 3.8) is 0 Å². The third-order valence-electron chi connectivity index (χ3n) is 3.88. The zero-order valence-electron chi connectivity index (χ0n) is 13.3. The molecule has 3 aromatic rings. The first kappa shape index (κ1) is 15.8. The lowest BCUT2D eigenvalue weighted by atomic mass is 10.2. The van der Waals surface area contributed by atoms with Gasteiger partial charge in [-0.25, -0.2) is 14.4 Å². The Kier molecular flexibility index (Phi) is 4.24. The van der Waals surface area contributed by atoms with Crippen LogP contribution in [0.25, 0.3) is 11.4 Å². The SMILES string of the molecule is Fc1ccc(Nc2cc(NC3CC3)nc(-c3ccccc3)n2)cc1Cl. The van der Waals surface area contributed by atoms with Crippen LogP contribution >= 0.6 is 11.6 Å². The number of nitrogens with one attached hydrogen (secondary N) is 2. The molecule has 0 spiro atoms. The standard InChI is InChI=1S/C19H16ClFN4/c20-15-10-14(8-9-16(15)21)23-18-11-17(22-13-6-7-13)24-19(25-18)12-4-2-1-3-5-12/h1-5,8-11,13H,6-7H2,(H2,22,23,24,25). The Morgan fingerprint density at radius 2 is 1.72 bits per heavy atom. The Balaban J connectivity index is 1.68. The maximum atomic E-state index is 13.3. The van der Waals surface area contributed by atoms with Crippen molar-refractivity contribution in [2.45, 2.75) is 18.9 Å². The van der Waals surface area contributed by atoms with Crippen molar-refractivity contribution in [2.24, 2.45) is 0 Å². The summed E-state index contributed by atoms with van der Waals surface area (Å²) in [6.07, 6.45) is 2.31. The molecule has 1 saturated carbocycles. The van der Waals surface area contributed by atoms with Crippen molar-refractivity contribution < 1.29 is 4.39 Å². The quantitative estimate of drug-likeness (QED) is 0.656. The summed E-state index contributed by atoms with van der Waals surface area (Å²) < 4.78 is 13.3. The molecule has 4 nitrogen and oxygen atoms in total. The first-order valence-electron chi connectivity index (χ1n) is 8.10. The summed E-state index contributed by atoms with van der Waals surface area (Å²) in [6.45, 7) is 0. The molecule has 0 bridgehead atoms. The van der Waals surface area contributed by atoms with Crippen LogP contribution in [0.1, 0.15) is 12.8 Å². The number of anilines is 3. The van der Waals surface area contributed by atoms with Gasteiger partial charge in [0.25, 0.3) is 0 Å². The summed E-state index contributed by atoms with van der Waals surface area (Å²) in [6, 6.07) is 16.6. The molecule has 0 aliphatic heterocycles. The molecule has 2 N–H and O–H groups in total. The second-order valence-electron chi connectivity index (χ2n) is 6.00. The summed E-state index contributed by atoms with van der Waals surface area (Å²) in [7, 11) is 0. The highest BCUT2D eigenvalue weighted by atomic mass is 35.5. The predicted octanol–water partition coefficient (Wildman–Crippen LogP) is 5.25. The molecule has 0 amide bonds. The molecular formula is C19H16ClFN4. The summed E-state index contributed by atoms with van der Waals surface area (Å²) >= 11 is 5.86. The smallest absolute Gasteiger partial charge is 0.163 e. The molecule has 0 saturated heterocycles. The molecule has 0 radical (unpaired) electrons. The Morgan fingerprint density at radius 3 is 2.44 bits per heavy atom. The monoisotopic (exact) mass is 354 g/mol. The molecule has 1 fully saturated rings. The molecule has 1 aliphatic rings. The maximum absolute atomic E-state index is 13.3. The van der Waals surface area contributed by atoms with Crippen LogP contribution in [0.2, 0.25) is 5.02 Å².